The quantitative estimate of drug-likeness (QED) is 0.862. The highest BCUT2D eigenvalue weighted by molar-refractivity contribution is 6.33. The molecule has 0 aliphatic carbocycles. The first-order chi connectivity index (χ1) is 10.6. The third kappa shape index (κ3) is 4.60. The highest BCUT2D eigenvalue weighted by Gasteiger charge is 2.12. The second kappa shape index (κ2) is 7.61. The van der Waals surface area contributed by atoms with Gasteiger partial charge in [0.2, 0.25) is 0 Å². The van der Waals surface area contributed by atoms with Crippen LogP contribution in [0.2, 0.25) is 5.02 Å². The minimum absolute atomic E-state index is 0.246. The van der Waals surface area contributed by atoms with Gasteiger partial charge in [-0.15, -0.1) is 0 Å². The van der Waals surface area contributed by atoms with E-state index < -0.39 is 5.97 Å². The number of carbonyl (C=O) groups is 2. The number of aryl methyl sites for hydroxylation is 1. The van der Waals surface area contributed by atoms with E-state index in [0.717, 1.165) is 11.1 Å². The SMILES string of the molecule is Cc1ccc(CNC(=O)COC(=O)c2ccccc2Cl)cc1. The van der Waals surface area contributed by atoms with Crippen LogP contribution in [0.3, 0.4) is 0 Å². The van der Waals surface area contributed by atoms with Gasteiger partial charge < -0.3 is 10.1 Å². The molecule has 0 saturated heterocycles. The van der Waals surface area contributed by atoms with E-state index in [9.17, 15) is 9.59 Å². The van der Waals surface area contributed by atoms with Gasteiger partial charge in [0, 0.05) is 6.54 Å². The average molecular weight is 318 g/mol. The number of nitrogens with one attached hydrogen (secondary N) is 1. The maximum Gasteiger partial charge on any atom is 0.340 e. The molecule has 1 amide bonds. The molecule has 0 spiro atoms. The maximum absolute atomic E-state index is 11.8. The van der Waals surface area contributed by atoms with Crippen LogP contribution in [0.15, 0.2) is 48.5 Å². The molecule has 0 aromatic heterocycles. The second-order valence-corrected chi connectivity index (χ2v) is 5.23. The van der Waals surface area contributed by atoms with Crippen LogP contribution in [0.4, 0.5) is 0 Å². The molecule has 1 N–H and O–H groups in total. The summed E-state index contributed by atoms with van der Waals surface area (Å²) in [6.07, 6.45) is 0. The number of hydrogen-bond donors (Lipinski definition) is 1. The Bertz CT molecular complexity index is 668. The van der Waals surface area contributed by atoms with Gasteiger partial charge in [0.25, 0.3) is 5.91 Å². The molecule has 0 saturated carbocycles. The zero-order valence-corrected chi connectivity index (χ0v) is 12.9. The highest BCUT2D eigenvalue weighted by atomic mass is 35.5. The fraction of sp³-hybridized carbons (Fsp3) is 0.176. The molecule has 114 valence electrons. The Labute approximate surface area is 134 Å². The van der Waals surface area contributed by atoms with Gasteiger partial charge in [-0.25, -0.2) is 4.79 Å². The lowest BCUT2D eigenvalue weighted by Gasteiger charge is -2.07. The van der Waals surface area contributed by atoms with E-state index >= 15 is 0 Å². The normalized spacial score (nSPS) is 10.1. The molecular weight excluding hydrogens is 302 g/mol. The molecule has 0 fully saturated rings. The summed E-state index contributed by atoms with van der Waals surface area (Å²) in [4.78, 5) is 23.5. The van der Waals surface area contributed by atoms with Crippen LogP contribution in [-0.2, 0) is 16.1 Å². The van der Waals surface area contributed by atoms with Gasteiger partial charge in [0.05, 0.1) is 10.6 Å². The number of carbonyl (C=O) groups excluding carboxylic acids is 2. The Morgan fingerprint density at radius 2 is 1.77 bits per heavy atom. The number of esters is 1. The molecule has 22 heavy (non-hydrogen) atoms. The first kappa shape index (κ1) is 16.0. The van der Waals surface area contributed by atoms with Gasteiger partial charge in [-0.2, -0.15) is 0 Å². The summed E-state index contributed by atoms with van der Waals surface area (Å²) in [6, 6.07) is 14.4. The predicted molar refractivity (Wildman–Crippen MR) is 84.8 cm³/mol. The van der Waals surface area contributed by atoms with Crippen LogP contribution in [0.5, 0.6) is 0 Å². The maximum atomic E-state index is 11.8. The van der Waals surface area contributed by atoms with E-state index in [4.69, 9.17) is 16.3 Å². The topological polar surface area (TPSA) is 55.4 Å². The summed E-state index contributed by atoms with van der Waals surface area (Å²) in [5, 5.41) is 2.99. The van der Waals surface area contributed by atoms with Crippen LogP contribution in [0, 0.1) is 6.92 Å². The van der Waals surface area contributed by atoms with E-state index in [1.165, 1.54) is 0 Å². The minimum Gasteiger partial charge on any atom is -0.452 e. The molecule has 0 aliphatic heterocycles. The van der Waals surface area contributed by atoms with Crippen LogP contribution in [-0.4, -0.2) is 18.5 Å². The fourth-order valence-electron chi connectivity index (χ4n) is 1.79. The number of rotatable bonds is 5. The largest absolute Gasteiger partial charge is 0.452 e. The van der Waals surface area contributed by atoms with E-state index in [2.05, 4.69) is 5.32 Å². The van der Waals surface area contributed by atoms with Crippen LogP contribution in [0.1, 0.15) is 21.5 Å². The van der Waals surface area contributed by atoms with Crippen LogP contribution in [0.25, 0.3) is 0 Å². The molecule has 0 radical (unpaired) electrons. The van der Waals surface area contributed by atoms with Gasteiger partial charge in [0.1, 0.15) is 0 Å². The van der Waals surface area contributed by atoms with Gasteiger partial charge in [-0.3, -0.25) is 4.79 Å². The summed E-state index contributed by atoms with van der Waals surface area (Å²) >= 11 is 5.89. The van der Waals surface area contributed by atoms with Crippen molar-refractivity contribution < 1.29 is 14.3 Å². The van der Waals surface area contributed by atoms with Crippen molar-refractivity contribution in [1.29, 1.82) is 0 Å². The van der Waals surface area contributed by atoms with Crippen molar-refractivity contribution in [3.63, 3.8) is 0 Å². The van der Waals surface area contributed by atoms with Gasteiger partial charge in [0.15, 0.2) is 6.61 Å². The zero-order valence-electron chi connectivity index (χ0n) is 12.1. The number of halogens is 1. The number of hydrogen-bond acceptors (Lipinski definition) is 3. The predicted octanol–water partition coefficient (Wildman–Crippen LogP) is 3.12. The summed E-state index contributed by atoms with van der Waals surface area (Å²) in [5.41, 5.74) is 2.38. The molecule has 0 bridgehead atoms. The lowest BCUT2D eigenvalue weighted by atomic mass is 10.1. The number of ether oxygens (including phenoxy) is 1. The Balaban J connectivity index is 1.79. The monoisotopic (exact) mass is 317 g/mol. The Morgan fingerprint density at radius 3 is 2.45 bits per heavy atom. The van der Waals surface area contributed by atoms with Crippen molar-refractivity contribution in [2.45, 2.75) is 13.5 Å². The molecule has 0 atom stereocenters. The Morgan fingerprint density at radius 1 is 1.09 bits per heavy atom. The summed E-state index contributed by atoms with van der Waals surface area (Å²) < 4.78 is 4.94. The number of amides is 1. The smallest absolute Gasteiger partial charge is 0.340 e. The third-order valence-electron chi connectivity index (χ3n) is 3.04. The van der Waals surface area contributed by atoms with Crippen molar-refractivity contribution in [3.8, 4) is 0 Å². The van der Waals surface area contributed by atoms with Crippen molar-refractivity contribution >= 4 is 23.5 Å². The second-order valence-electron chi connectivity index (χ2n) is 4.82. The Hall–Kier alpha value is -2.33. The lowest BCUT2D eigenvalue weighted by Crippen LogP contribution is -2.28. The van der Waals surface area contributed by atoms with Crippen LogP contribution < -0.4 is 5.32 Å². The molecule has 2 aromatic rings. The molecule has 2 rings (SSSR count). The van der Waals surface area contributed by atoms with Crippen molar-refractivity contribution in [2.24, 2.45) is 0 Å². The molecular formula is C17H16ClNO3. The fourth-order valence-corrected chi connectivity index (χ4v) is 2.01. The standard InChI is InChI=1S/C17H16ClNO3/c1-12-6-8-13(9-7-12)10-19-16(20)11-22-17(21)14-4-2-3-5-15(14)18/h2-9H,10-11H2,1H3,(H,19,20). The first-order valence-corrected chi connectivity index (χ1v) is 7.18. The Kier molecular flexibility index (Phi) is 5.55. The zero-order chi connectivity index (χ0) is 15.9. The molecule has 4 nitrogen and oxygen atoms in total. The van der Waals surface area contributed by atoms with Gasteiger partial charge in [-0.05, 0) is 24.6 Å². The van der Waals surface area contributed by atoms with Crippen LogP contribution >= 0.6 is 11.6 Å². The summed E-state index contributed by atoms with van der Waals surface area (Å²) in [7, 11) is 0. The summed E-state index contributed by atoms with van der Waals surface area (Å²) in [6.45, 7) is 2.05. The summed E-state index contributed by atoms with van der Waals surface area (Å²) in [5.74, 6) is -0.975. The lowest BCUT2D eigenvalue weighted by molar-refractivity contribution is -0.124. The third-order valence-corrected chi connectivity index (χ3v) is 3.37. The van der Waals surface area contributed by atoms with Crippen molar-refractivity contribution in [3.05, 3.63) is 70.2 Å². The molecule has 0 heterocycles. The highest BCUT2D eigenvalue weighted by Crippen LogP contribution is 2.15. The van der Waals surface area contributed by atoms with E-state index in [1.54, 1.807) is 24.3 Å². The van der Waals surface area contributed by atoms with Crippen molar-refractivity contribution in [1.82, 2.24) is 5.32 Å². The molecule has 0 unspecified atom stereocenters. The van der Waals surface area contributed by atoms with Crippen molar-refractivity contribution in [2.75, 3.05) is 6.61 Å². The first-order valence-electron chi connectivity index (χ1n) is 6.80. The van der Waals surface area contributed by atoms with Gasteiger partial charge in [-0.1, -0.05) is 53.6 Å². The van der Waals surface area contributed by atoms with E-state index in [0.29, 0.717) is 11.6 Å². The molecule has 0 aliphatic rings. The molecule has 5 heteroatoms. The van der Waals surface area contributed by atoms with Gasteiger partial charge >= 0.3 is 5.97 Å². The average Bonchev–Trinajstić information content (AvgIpc) is 2.52. The van der Waals surface area contributed by atoms with E-state index in [-0.39, 0.29) is 18.1 Å². The minimum atomic E-state index is -0.615. The molecule has 2 aromatic carbocycles. The number of benzene rings is 2. The van der Waals surface area contributed by atoms with E-state index in [1.807, 2.05) is 31.2 Å².